The van der Waals surface area contributed by atoms with E-state index < -0.39 is 5.85 Å². The summed E-state index contributed by atoms with van der Waals surface area (Å²) in [5.74, 6) is -0.328. The van der Waals surface area contributed by atoms with Crippen molar-refractivity contribution in [2.45, 2.75) is 32.0 Å². The monoisotopic (exact) mass is 194 g/mol. The van der Waals surface area contributed by atoms with Gasteiger partial charge < -0.3 is 4.74 Å². The molecule has 14 heavy (non-hydrogen) atoms. The Balaban J connectivity index is 2.50. The van der Waals surface area contributed by atoms with Crippen LogP contribution in [-0.4, -0.2) is 5.85 Å². The lowest BCUT2D eigenvalue weighted by molar-refractivity contribution is 0.0706. The predicted octanol–water partition coefficient (Wildman–Crippen LogP) is 1.83. The molecule has 0 saturated heterocycles. The van der Waals surface area contributed by atoms with Crippen LogP contribution in [0.5, 0.6) is 5.75 Å². The van der Waals surface area contributed by atoms with Gasteiger partial charge in [0.05, 0.1) is 0 Å². The molecule has 0 spiro atoms. The first-order valence-corrected chi connectivity index (χ1v) is 4.96. The van der Waals surface area contributed by atoms with Gasteiger partial charge in [0.15, 0.2) is 0 Å². The van der Waals surface area contributed by atoms with Gasteiger partial charge in [0.1, 0.15) is 5.75 Å². The molecule has 0 saturated carbocycles. The SMILES string of the molecule is CCCCC(N)(N)Oc1ccccc1. The lowest BCUT2D eigenvalue weighted by Gasteiger charge is -2.25. The van der Waals surface area contributed by atoms with Crippen LogP contribution >= 0.6 is 0 Å². The van der Waals surface area contributed by atoms with Crippen LogP contribution in [0.15, 0.2) is 30.3 Å². The number of nitrogens with two attached hydrogens (primary N) is 2. The Kier molecular flexibility index (Phi) is 3.92. The summed E-state index contributed by atoms with van der Waals surface area (Å²) in [6, 6.07) is 9.41. The molecular formula is C11H18N2O. The standard InChI is InChI=1S/C11H18N2O/c1-2-3-9-11(12,13)14-10-7-5-4-6-8-10/h4-8H,2-3,9,12-13H2,1H3. The Labute approximate surface area is 85.0 Å². The molecule has 3 nitrogen and oxygen atoms in total. The van der Waals surface area contributed by atoms with Crippen molar-refractivity contribution in [2.24, 2.45) is 11.5 Å². The zero-order valence-corrected chi connectivity index (χ0v) is 8.57. The number of benzene rings is 1. The highest BCUT2D eigenvalue weighted by molar-refractivity contribution is 5.21. The molecule has 0 unspecified atom stereocenters. The predicted molar refractivity (Wildman–Crippen MR) is 57.7 cm³/mol. The first-order valence-electron chi connectivity index (χ1n) is 4.96. The number of ether oxygens (including phenoxy) is 1. The van der Waals surface area contributed by atoms with E-state index in [-0.39, 0.29) is 0 Å². The van der Waals surface area contributed by atoms with Crippen LogP contribution in [0.3, 0.4) is 0 Å². The molecule has 0 fully saturated rings. The molecule has 0 bridgehead atoms. The second-order valence-corrected chi connectivity index (χ2v) is 3.47. The van der Waals surface area contributed by atoms with E-state index in [9.17, 15) is 0 Å². The van der Waals surface area contributed by atoms with Crippen LogP contribution < -0.4 is 16.2 Å². The molecule has 4 N–H and O–H groups in total. The maximum Gasteiger partial charge on any atom is 0.212 e. The topological polar surface area (TPSA) is 61.3 Å². The largest absolute Gasteiger partial charge is 0.460 e. The second kappa shape index (κ2) is 4.98. The number of hydrogen-bond donors (Lipinski definition) is 2. The van der Waals surface area contributed by atoms with Gasteiger partial charge in [0, 0.05) is 6.42 Å². The van der Waals surface area contributed by atoms with Crippen LogP contribution in [0.25, 0.3) is 0 Å². The van der Waals surface area contributed by atoms with E-state index in [2.05, 4.69) is 6.92 Å². The average Bonchev–Trinajstić information content (AvgIpc) is 2.16. The van der Waals surface area contributed by atoms with Crippen LogP contribution in [0.4, 0.5) is 0 Å². The van der Waals surface area contributed by atoms with E-state index in [4.69, 9.17) is 16.2 Å². The minimum atomic E-state index is -1.04. The minimum absolute atomic E-state index is 0.665. The van der Waals surface area contributed by atoms with Gasteiger partial charge >= 0.3 is 0 Å². The molecule has 0 aliphatic heterocycles. The minimum Gasteiger partial charge on any atom is -0.460 e. The van der Waals surface area contributed by atoms with Gasteiger partial charge in [-0.1, -0.05) is 31.5 Å². The summed E-state index contributed by atoms with van der Waals surface area (Å²) in [5, 5.41) is 0. The van der Waals surface area contributed by atoms with E-state index in [0.29, 0.717) is 12.2 Å². The molecule has 0 aliphatic rings. The van der Waals surface area contributed by atoms with Crippen molar-refractivity contribution in [2.75, 3.05) is 0 Å². The molecule has 0 aromatic heterocycles. The van der Waals surface area contributed by atoms with Gasteiger partial charge in [-0.15, -0.1) is 0 Å². The van der Waals surface area contributed by atoms with Crippen molar-refractivity contribution >= 4 is 0 Å². The zero-order valence-electron chi connectivity index (χ0n) is 8.57. The van der Waals surface area contributed by atoms with Crippen molar-refractivity contribution in [1.82, 2.24) is 0 Å². The molecule has 0 aliphatic carbocycles. The average molecular weight is 194 g/mol. The maximum absolute atomic E-state index is 5.79. The van der Waals surface area contributed by atoms with E-state index in [0.717, 1.165) is 12.8 Å². The van der Waals surface area contributed by atoms with Gasteiger partial charge in [0.2, 0.25) is 5.85 Å². The Hall–Kier alpha value is -1.06. The van der Waals surface area contributed by atoms with E-state index in [1.165, 1.54) is 0 Å². The Bertz CT molecular complexity index is 259. The molecule has 1 rings (SSSR count). The third-order valence-corrected chi connectivity index (χ3v) is 1.97. The third-order valence-electron chi connectivity index (χ3n) is 1.97. The summed E-state index contributed by atoms with van der Waals surface area (Å²) in [5.41, 5.74) is 11.6. The first kappa shape index (κ1) is 11.0. The fourth-order valence-electron chi connectivity index (χ4n) is 1.21. The zero-order chi connectivity index (χ0) is 10.4. The fourth-order valence-corrected chi connectivity index (χ4v) is 1.21. The quantitative estimate of drug-likeness (QED) is 0.703. The van der Waals surface area contributed by atoms with Gasteiger partial charge in [-0.2, -0.15) is 0 Å². The Morgan fingerprint density at radius 2 is 1.86 bits per heavy atom. The van der Waals surface area contributed by atoms with Gasteiger partial charge in [0.25, 0.3) is 0 Å². The summed E-state index contributed by atoms with van der Waals surface area (Å²) >= 11 is 0. The molecule has 0 amide bonds. The molecule has 0 atom stereocenters. The second-order valence-electron chi connectivity index (χ2n) is 3.47. The molecule has 1 aromatic carbocycles. The van der Waals surface area contributed by atoms with Crippen LogP contribution in [0.1, 0.15) is 26.2 Å². The smallest absolute Gasteiger partial charge is 0.212 e. The molecule has 0 heterocycles. The van der Waals surface area contributed by atoms with Crippen LogP contribution in [0.2, 0.25) is 0 Å². The van der Waals surface area contributed by atoms with Crippen molar-refractivity contribution < 1.29 is 4.74 Å². The molecule has 1 aromatic rings. The summed E-state index contributed by atoms with van der Waals surface area (Å²) in [6.07, 6.45) is 2.70. The van der Waals surface area contributed by atoms with Crippen molar-refractivity contribution in [3.8, 4) is 5.75 Å². The maximum atomic E-state index is 5.79. The highest BCUT2D eigenvalue weighted by Gasteiger charge is 2.19. The van der Waals surface area contributed by atoms with E-state index in [1.54, 1.807) is 0 Å². The Morgan fingerprint density at radius 1 is 1.21 bits per heavy atom. The van der Waals surface area contributed by atoms with Crippen molar-refractivity contribution in [1.29, 1.82) is 0 Å². The number of para-hydroxylation sites is 1. The van der Waals surface area contributed by atoms with Gasteiger partial charge in [-0.3, -0.25) is 11.5 Å². The number of rotatable bonds is 5. The molecular weight excluding hydrogens is 176 g/mol. The summed E-state index contributed by atoms with van der Waals surface area (Å²) in [6.45, 7) is 2.10. The van der Waals surface area contributed by atoms with Crippen molar-refractivity contribution in [3.05, 3.63) is 30.3 Å². The van der Waals surface area contributed by atoms with Gasteiger partial charge in [-0.25, -0.2) is 0 Å². The first-order chi connectivity index (χ1) is 6.64. The van der Waals surface area contributed by atoms with Gasteiger partial charge in [-0.05, 0) is 18.6 Å². The van der Waals surface area contributed by atoms with E-state index in [1.807, 2.05) is 30.3 Å². The highest BCUT2D eigenvalue weighted by atomic mass is 16.5. The number of hydrogen-bond acceptors (Lipinski definition) is 3. The molecule has 0 radical (unpaired) electrons. The normalized spacial score (nSPS) is 11.4. The fraction of sp³-hybridized carbons (Fsp3) is 0.455. The highest BCUT2D eigenvalue weighted by Crippen LogP contribution is 2.15. The number of unbranched alkanes of at least 4 members (excludes halogenated alkanes) is 1. The molecule has 3 heteroatoms. The lowest BCUT2D eigenvalue weighted by atomic mass is 10.2. The summed E-state index contributed by atoms with van der Waals surface area (Å²) in [4.78, 5) is 0. The van der Waals surface area contributed by atoms with Crippen molar-refractivity contribution in [3.63, 3.8) is 0 Å². The van der Waals surface area contributed by atoms with E-state index >= 15 is 0 Å². The summed E-state index contributed by atoms with van der Waals surface area (Å²) in [7, 11) is 0. The third kappa shape index (κ3) is 3.77. The van der Waals surface area contributed by atoms with Crippen LogP contribution in [-0.2, 0) is 0 Å². The lowest BCUT2D eigenvalue weighted by Crippen LogP contribution is -2.54. The molecule has 78 valence electrons. The Morgan fingerprint density at radius 3 is 2.43 bits per heavy atom. The van der Waals surface area contributed by atoms with Crippen LogP contribution in [0, 0.1) is 0 Å². The summed E-state index contributed by atoms with van der Waals surface area (Å²) < 4.78 is 5.46.